The number of aliphatic hydroxyl groups is 1. The normalized spacial score (nSPS) is 42.9. The van der Waals surface area contributed by atoms with E-state index in [-0.39, 0.29) is 17.4 Å². The number of carbonyl (C=O) groups is 1. The molecule has 4 fully saturated rings. The Bertz CT molecular complexity index is 1050. The number of aromatic nitrogens is 4. The Labute approximate surface area is 196 Å². The Morgan fingerprint density at radius 1 is 1.06 bits per heavy atom. The molecule has 0 aromatic carbocycles. The van der Waals surface area contributed by atoms with Crippen molar-refractivity contribution in [2.75, 3.05) is 0 Å². The van der Waals surface area contributed by atoms with Gasteiger partial charge in [-0.25, -0.2) is 15.0 Å². The van der Waals surface area contributed by atoms with Crippen molar-refractivity contribution >= 4 is 16.9 Å². The topological polar surface area (TPSA) is 80.9 Å². The molecule has 0 spiro atoms. The molecule has 2 aromatic heterocycles. The molecular formula is C27H38N4O2. The van der Waals surface area contributed by atoms with Crippen LogP contribution in [0, 0.1) is 40.4 Å². The van der Waals surface area contributed by atoms with E-state index in [0.717, 1.165) is 42.3 Å². The van der Waals surface area contributed by atoms with Crippen LogP contribution < -0.4 is 0 Å². The van der Waals surface area contributed by atoms with Gasteiger partial charge in [-0.15, -0.1) is 0 Å². The van der Waals surface area contributed by atoms with Crippen LogP contribution in [0.3, 0.4) is 0 Å². The Balaban J connectivity index is 1.25. The number of fused-ring (bicyclic) bond motifs is 6. The second kappa shape index (κ2) is 7.86. The zero-order valence-corrected chi connectivity index (χ0v) is 20.1. The smallest absolute Gasteiger partial charge is 0.163 e. The standard InChI is InChI=1S/C27H38N4O2/c1-26-10-8-18(32)12-17(26)6-7-19-20-4-3-5-22(27(20,2)11-9-21(19)26)24(33)14-31-16-30-23-13-28-15-29-25(23)31/h13,15-22,32H,3-12,14H2,1-2H3/t17-,18+,19-,20?,21-,22+,26-,27-/m0/s1. The first kappa shape index (κ1) is 21.7. The minimum absolute atomic E-state index is 0.0882. The van der Waals surface area contributed by atoms with Crippen molar-refractivity contribution in [2.24, 2.45) is 40.4 Å². The van der Waals surface area contributed by atoms with Crippen molar-refractivity contribution in [3.8, 4) is 0 Å². The van der Waals surface area contributed by atoms with E-state index in [0.29, 0.717) is 29.6 Å². The van der Waals surface area contributed by atoms with E-state index in [2.05, 4.69) is 28.8 Å². The van der Waals surface area contributed by atoms with E-state index in [1.54, 1.807) is 12.5 Å². The molecule has 4 aliphatic carbocycles. The van der Waals surface area contributed by atoms with Crippen molar-refractivity contribution in [3.05, 3.63) is 18.9 Å². The van der Waals surface area contributed by atoms with Crippen LogP contribution in [-0.4, -0.2) is 36.5 Å². The quantitative estimate of drug-likeness (QED) is 0.726. The largest absolute Gasteiger partial charge is 0.393 e. The van der Waals surface area contributed by atoms with Gasteiger partial charge in [-0.05, 0) is 92.3 Å². The number of imidazole rings is 1. The molecule has 0 radical (unpaired) electrons. The predicted octanol–water partition coefficient (Wildman–Crippen LogP) is 4.81. The van der Waals surface area contributed by atoms with Crippen LogP contribution in [0.5, 0.6) is 0 Å². The van der Waals surface area contributed by atoms with Crippen LogP contribution in [-0.2, 0) is 11.3 Å². The van der Waals surface area contributed by atoms with Gasteiger partial charge in [0.05, 0.1) is 25.2 Å². The number of aliphatic hydroxyl groups excluding tert-OH is 1. The minimum atomic E-state index is -0.0882. The summed E-state index contributed by atoms with van der Waals surface area (Å²) in [4.78, 5) is 26.5. The number of ketones is 1. The molecule has 8 atom stereocenters. The summed E-state index contributed by atoms with van der Waals surface area (Å²) >= 11 is 0. The number of hydrogen-bond acceptors (Lipinski definition) is 5. The summed E-state index contributed by atoms with van der Waals surface area (Å²) in [5.41, 5.74) is 2.00. The molecule has 2 heterocycles. The lowest BCUT2D eigenvalue weighted by Gasteiger charge is -2.63. The second-order valence-corrected chi connectivity index (χ2v) is 12.2. The van der Waals surface area contributed by atoms with Gasteiger partial charge in [-0.1, -0.05) is 20.3 Å². The fraction of sp³-hybridized carbons (Fsp3) is 0.778. The summed E-state index contributed by atoms with van der Waals surface area (Å²) in [6, 6.07) is 0. The molecule has 0 bridgehead atoms. The molecule has 0 saturated heterocycles. The Kier molecular flexibility index (Phi) is 5.17. The third-order valence-corrected chi connectivity index (χ3v) is 10.9. The van der Waals surface area contributed by atoms with Crippen molar-refractivity contribution in [3.63, 3.8) is 0 Å². The van der Waals surface area contributed by atoms with Gasteiger partial charge in [0.25, 0.3) is 0 Å². The van der Waals surface area contributed by atoms with Gasteiger partial charge in [0.15, 0.2) is 11.4 Å². The molecule has 1 N–H and O–H groups in total. The highest BCUT2D eigenvalue weighted by Crippen LogP contribution is 2.66. The summed E-state index contributed by atoms with van der Waals surface area (Å²) in [5, 5.41) is 10.3. The zero-order valence-electron chi connectivity index (χ0n) is 20.1. The van der Waals surface area contributed by atoms with Crippen LogP contribution >= 0.6 is 0 Å². The van der Waals surface area contributed by atoms with Gasteiger partial charge in [0, 0.05) is 5.92 Å². The molecule has 4 saturated carbocycles. The average molecular weight is 451 g/mol. The molecular weight excluding hydrogens is 412 g/mol. The van der Waals surface area contributed by atoms with E-state index < -0.39 is 0 Å². The maximum atomic E-state index is 13.7. The van der Waals surface area contributed by atoms with Crippen LogP contribution in [0.2, 0.25) is 0 Å². The fourth-order valence-electron chi connectivity index (χ4n) is 9.17. The lowest BCUT2D eigenvalue weighted by atomic mass is 9.41. The van der Waals surface area contributed by atoms with Gasteiger partial charge in [0.2, 0.25) is 0 Å². The first-order chi connectivity index (χ1) is 15.9. The third-order valence-electron chi connectivity index (χ3n) is 10.9. The lowest BCUT2D eigenvalue weighted by molar-refractivity contribution is -0.160. The maximum Gasteiger partial charge on any atom is 0.163 e. The number of rotatable bonds is 3. The monoisotopic (exact) mass is 450 g/mol. The Morgan fingerprint density at radius 2 is 1.88 bits per heavy atom. The zero-order chi connectivity index (χ0) is 22.8. The van der Waals surface area contributed by atoms with Gasteiger partial charge in [-0.3, -0.25) is 4.79 Å². The molecule has 6 rings (SSSR count). The molecule has 1 unspecified atom stereocenters. The summed E-state index contributed by atoms with van der Waals surface area (Å²) < 4.78 is 1.91. The van der Waals surface area contributed by atoms with Gasteiger partial charge < -0.3 is 9.67 Å². The SMILES string of the molecule is C[C@]12CC[C@@H](O)C[C@@H]1CC[C@H]1C3CCC[C@H](C(=O)Cn4cnc5cncnc54)[C@@]3(C)CC[C@@H]12. The summed E-state index contributed by atoms with van der Waals surface area (Å²) in [7, 11) is 0. The van der Waals surface area contributed by atoms with Crippen LogP contribution in [0.15, 0.2) is 18.9 Å². The first-order valence-electron chi connectivity index (χ1n) is 13.2. The molecule has 0 amide bonds. The Hall–Kier alpha value is -1.82. The Morgan fingerprint density at radius 3 is 2.76 bits per heavy atom. The van der Waals surface area contributed by atoms with E-state index in [4.69, 9.17) is 0 Å². The van der Waals surface area contributed by atoms with Crippen molar-refractivity contribution in [1.82, 2.24) is 19.5 Å². The van der Waals surface area contributed by atoms with Gasteiger partial charge in [0.1, 0.15) is 11.8 Å². The number of hydrogen-bond donors (Lipinski definition) is 1. The number of nitrogens with zero attached hydrogens (tertiary/aromatic N) is 4. The van der Waals surface area contributed by atoms with E-state index in [9.17, 15) is 9.90 Å². The summed E-state index contributed by atoms with van der Waals surface area (Å²) in [5.74, 6) is 3.35. The minimum Gasteiger partial charge on any atom is -0.393 e. The number of Topliss-reactive ketones (excluding diaryl/α,β-unsaturated/α-hetero) is 1. The van der Waals surface area contributed by atoms with Crippen molar-refractivity contribution in [1.29, 1.82) is 0 Å². The average Bonchev–Trinajstić information content (AvgIpc) is 3.21. The van der Waals surface area contributed by atoms with Gasteiger partial charge >= 0.3 is 0 Å². The molecule has 33 heavy (non-hydrogen) atoms. The highest BCUT2D eigenvalue weighted by atomic mass is 16.3. The molecule has 2 aromatic rings. The van der Waals surface area contributed by atoms with Crippen LogP contribution in [0.4, 0.5) is 0 Å². The van der Waals surface area contributed by atoms with Gasteiger partial charge in [-0.2, -0.15) is 0 Å². The summed E-state index contributed by atoms with van der Waals surface area (Å²) in [6.45, 7) is 5.36. The molecule has 178 valence electrons. The first-order valence-corrected chi connectivity index (χ1v) is 13.2. The fourth-order valence-corrected chi connectivity index (χ4v) is 9.17. The highest BCUT2D eigenvalue weighted by molar-refractivity contribution is 5.83. The maximum absolute atomic E-state index is 13.7. The predicted molar refractivity (Wildman–Crippen MR) is 126 cm³/mol. The highest BCUT2D eigenvalue weighted by Gasteiger charge is 2.59. The second-order valence-electron chi connectivity index (χ2n) is 12.2. The van der Waals surface area contributed by atoms with E-state index in [1.807, 2.05) is 4.57 Å². The molecule has 0 aliphatic heterocycles. The van der Waals surface area contributed by atoms with E-state index >= 15 is 0 Å². The summed E-state index contributed by atoms with van der Waals surface area (Å²) in [6.07, 6.45) is 16.5. The van der Waals surface area contributed by atoms with Crippen molar-refractivity contribution < 1.29 is 9.90 Å². The van der Waals surface area contributed by atoms with Crippen molar-refractivity contribution in [2.45, 2.75) is 90.7 Å². The lowest BCUT2D eigenvalue weighted by Crippen LogP contribution is -2.57. The van der Waals surface area contributed by atoms with E-state index in [1.165, 1.54) is 51.3 Å². The number of carbonyl (C=O) groups excluding carboxylic acids is 1. The van der Waals surface area contributed by atoms with Crippen LogP contribution in [0.1, 0.15) is 78.1 Å². The molecule has 6 nitrogen and oxygen atoms in total. The molecule has 4 aliphatic rings. The third kappa shape index (κ3) is 3.30. The molecule has 6 heteroatoms. The van der Waals surface area contributed by atoms with Crippen LogP contribution in [0.25, 0.3) is 11.2 Å².